The lowest BCUT2D eigenvalue weighted by atomic mass is 9.59. The standard InChI is InChI=1S/C27H38BNO2/c1-17-14-19(28-30-26(8,9)27(10,11)31-28)16-29-22(17)18-12-13-20-21(15-18)24(4,5)25(6,7)23(20,2)3/h12-16H,1-11H3. The van der Waals surface area contributed by atoms with E-state index in [-0.39, 0.29) is 34.6 Å². The molecule has 0 spiro atoms. The molecule has 31 heavy (non-hydrogen) atoms. The maximum atomic E-state index is 6.22. The van der Waals surface area contributed by atoms with E-state index < -0.39 is 0 Å². The molecule has 1 aliphatic heterocycles. The van der Waals surface area contributed by atoms with Crippen molar-refractivity contribution in [2.75, 3.05) is 0 Å². The van der Waals surface area contributed by atoms with Crippen LogP contribution in [0.25, 0.3) is 11.3 Å². The zero-order valence-corrected chi connectivity index (χ0v) is 21.2. The van der Waals surface area contributed by atoms with Crippen LogP contribution in [0, 0.1) is 12.3 Å². The number of aryl methyl sites for hydroxylation is 1. The van der Waals surface area contributed by atoms with E-state index in [9.17, 15) is 0 Å². The van der Waals surface area contributed by atoms with Gasteiger partial charge in [-0.15, -0.1) is 0 Å². The van der Waals surface area contributed by atoms with Gasteiger partial charge in [-0.25, -0.2) is 0 Å². The van der Waals surface area contributed by atoms with E-state index in [4.69, 9.17) is 14.3 Å². The fraction of sp³-hybridized carbons (Fsp3) is 0.593. The Kier molecular flexibility index (Phi) is 4.69. The van der Waals surface area contributed by atoms with Crippen molar-refractivity contribution in [2.24, 2.45) is 5.41 Å². The third-order valence-corrected chi connectivity index (χ3v) is 9.39. The highest BCUT2D eigenvalue weighted by molar-refractivity contribution is 6.62. The van der Waals surface area contributed by atoms with Crippen molar-refractivity contribution in [1.82, 2.24) is 4.98 Å². The SMILES string of the molecule is Cc1cc(B2OC(C)(C)C(C)(C)O2)cnc1-c1ccc2c(c1)C(C)(C)C(C)(C)C2(C)C. The molecule has 166 valence electrons. The molecule has 0 atom stereocenters. The van der Waals surface area contributed by atoms with E-state index in [2.05, 4.69) is 100 Å². The van der Waals surface area contributed by atoms with Crippen LogP contribution in [0.1, 0.15) is 85.9 Å². The van der Waals surface area contributed by atoms with Crippen LogP contribution in [0.5, 0.6) is 0 Å². The molecule has 1 saturated heterocycles. The first kappa shape index (κ1) is 22.5. The van der Waals surface area contributed by atoms with Crippen molar-refractivity contribution in [2.45, 2.75) is 98.2 Å². The molecule has 1 aliphatic carbocycles. The minimum Gasteiger partial charge on any atom is -0.399 e. The molecule has 0 saturated carbocycles. The van der Waals surface area contributed by atoms with Crippen molar-refractivity contribution < 1.29 is 9.31 Å². The molecule has 4 rings (SSSR count). The summed E-state index contributed by atoms with van der Waals surface area (Å²) in [5.74, 6) is 0. The zero-order chi connectivity index (χ0) is 23.2. The Labute approximate surface area is 189 Å². The summed E-state index contributed by atoms with van der Waals surface area (Å²) in [5.41, 5.74) is 6.87. The fourth-order valence-electron chi connectivity index (χ4n) is 5.22. The van der Waals surface area contributed by atoms with E-state index in [0.29, 0.717) is 0 Å². The minimum atomic E-state index is -0.384. The summed E-state index contributed by atoms with van der Waals surface area (Å²) < 4.78 is 12.4. The van der Waals surface area contributed by atoms with Gasteiger partial charge in [0, 0.05) is 17.2 Å². The number of pyridine rings is 1. The van der Waals surface area contributed by atoms with Crippen molar-refractivity contribution in [1.29, 1.82) is 0 Å². The van der Waals surface area contributed by atoms with E-state index in [1.165, 1.54) is 16.7 Å². The molecule has 2 aliphatic rings. The first-order valence-corrected chi connectivity index (χ1v) is 11.5. The Morgan fingerprint density at radius 3 is 1.84 bits per heavy atom. The average Bonchev–Trinajstić information content (AvgIpc) is 2.93. The van der Waals surface area contributed by atoms with Gasteiger partial charge in [0.05, 0.1) is 16.9 Å². The molecule has 0 unspecified atom stereocenters. The fourth-order valence-corrected chi connectivity index (χ4v) is 5.22. The molecule has 1 aromatic heterocycles. The van der Waals surface area contributed by atoms with Crippen molar-refractivity contribution >= 4 is 12.6 Å². The number of hydrogen-bond acceptors (Lipinski definition) is 3. The maximum Gasteiger partial charge on any atom is 0.496 e. The normalized spacial score (nSPS) is 24.3. The second-order valence-corrected chi connectivity index (χ2v) is 12.2. The zero-order valence-electron chi connectivity index (χ0n) is 21.2. The summed E-state index contributed by atoms with van der Waals surface area (Å²) in [5, 5.41) is 0. The Balaban J connectivity index is 1.72. The van der Waals surface area contributed by atoms with Crippen LogP contribution in [0.4, 0.5) is 0 Å². The summed E-state index contributed by atoms with van der Waals surface area (Å²) in [7, 11) is -0.384. The van der Waals surface area contributed by atoms with Gasteiger partial charge in [-0.3, -0.25) is 4.98 Å². The first-order chi connectivity index (χ1) is 14.0. The highest BCUT2D eigenvalue weighted by atomic mass is 16.7. The van der Waals surface area contributed by atoms with Crippen molar-refractivity contribution in [3.63, 3.8) is 0 Å². The molecule has 4 heteroatoms. The van der Waals surface area contributed by atoms with Gasteiger partial charge in [-0.1, -0.05) is 59.7 Å². The third kappa shape index (κ3) is 2.98. The summed E-state index contributed by atoms with van der Waals surface area (Å²) in [6.07, 6.45) is 1.91. The van der Waals surface area contributed by atoms with Crippen LogP contribution < -0.4 is 5.46 Å². The maximum absolute atomic E-state index is 6.22. The number of fused-ring (bicyclic) bond motifs is 1. The van der Waals surface area contributed by atoms with Crippen LogP contribution in [-0.4, -0.2) is 23.3 Å². The van der Waals surface area contributed by atoms with Crippen LogP contribution in [0.15, 0.2) is 30.5 Å². The molecule has 1 aromatic carbocycles. The monoisotopic (exact) mass is 419 g/mol. The molecule has 0 bridgehead atoms. The molecular weight excluding hydrogens is 381 g/mol. The summed E-state index contributed by atoms with van der Waals surface area (Å²) >= 11 is 0. The second kappa shape index (κ2) is 6.45. The lowest BCUT2D eigenvalue weighted by Crippen LogP contribution is -2.42. The van der Waals surface area contributed by atoms with Gasteiger partial charge in [-0.05, 0) is 73.6 Å². The number of nitrogens with zero attached hydrogens (tertiary/aromatic N) is 1. The molecule has 2 heterocycles. The summed E-state index contributed by atoms with van der Waals surface area (Å²) in [4.78, 5) is 4.87. The molecule has 3 nitrogen and oxygen atoms in total. The Morgan fingerprint density at radius 2 is 1.29 bits per heavy atom. The predicted molar refractivity (Wildman–Crippen MR) is 130 cm³/mol. The van der Waals surface area contributed by atoms with Gasteiger partial charge >= 0.3 is 7.12 Å². The number of aromatic nitrogens is 1. The Bertz CT molecular complexity index is 1030. The van der Waals surface area contributed by atoms with Crippen LogP contribution in [0.3, 0.4) is 0 Å². The largest absolute Gasteiger partial charge is 0.496 e. The van der Waals surface area contributed by atoms with E-state index in [1.54, 1.807) is 0 Å². The number of rotatable bonds is 2. The molecule has 2 aromatic rings. The van der Waals surface area contributed by atoms with Crippen molar-refractivity contribution in [3.05, 3.63) is 47.2 Å². The lowest BCUT2D eigenvalue weighted by molar-refractivity contribution is 0.00578. The van der Waals surface area contributed by atoms with Gasteiger partial charge in [-0.2, -0.15) is 0 Å². The average molecular weight is 419 g/mol. The quantitative estimate of drug-likeness (QED) is 0.564. The molecular formula is C27H38BNO2. The smallest absolute Gasteiger partial charge is 0.399 e. The van der Waals surface area contributed by atoms with Crippen LogP contribution >= 0.6 is 0 Å². The molecule has 0 N–H and O–H groups in total. The van der Waals surface area contributed by atoms with Gasteiger partial charge in [0.1, 0.15) is 0 Å². The lowest BCUT2D eigenvalue weighted by Gasteiger charge is -2.44. The van der Waals surface area contributed by atoms with Crippen LogP contribution in [-0.2, 0) is 20.1 Å². The van der Waals surface area contributed by atoms with Gasteiger partial charge in [0.2, 0.25) is 0 Å². The Hall–Kier alpha value is -1.65. The topological polar surface area (TPSA) is 31.4 Å². The summed E-state index contributed by atoms with van der Waals surface area (Å²) in [6, 6.07) is 9.10. The van der Waals surface area contributed by atoms with Crippen molar-refractivity contribution in [3.8, 4) is 11.3 Å². The molecule has 0 radical (unpaired) electrons. The number of hydrogen-bond donors (Lipinski definition) is 0. The molecule has 1 fully saturated rings. The van der Waals surface area contributed by atoms with E-state index >= 15 is 0 Å². The minimum absolute atomic E-state index is 0.0817. The highest BCUT2D eigenvalue weighted by Gasteiger charge is 2.56. The Morgan fingerprint density at radius 1 is 0.742 bits per heavy atom. The van der Waals surface area contributed by atoms with Gasteiger partial charge in [0.25, 0.3) is 0 Å². The van der Waals surface area contributed by atoms with E-state index in [0.717, 1.165) is 16.7 Å². The summed E-state index contributed by atoms with van der Waals surface area (Å²) in [6.45, 7) is 24.8. The third-order valence-electron chi connectivity index (χ3n) is 9.39. The van der Waals surface area contributed by atoms with Gasteiger partial charge < -0.3 is 9.31 Å². The second-order valence-electron chi connectivity index (χ2n) is 12.2. The number of benzene rings is 1. The van der Waals surface area contributed by atoms with E-state index in [1.807, 2.05) is 6.20 Å². The first-order valence-electron chi connectivity index (χ1n) is 11.5. The molecule has 0 amide bonds. The highest BCUT2D eigenvalue weighted by Crippen LogP contribution is 2.61. The van der Waals surface area contributed by atoms with Gasteiger partial charge in [0.15, 0.2) is 0 Å². The predicted octanol–water partition coefficient (Wildman–Crippen LogP) is 5.95. The van der Waals surface area contributed by atoms with Crippen LogP contribution in [0.2, 0.25) is 0 Å².